The van der Waals surface area contributed by atoms with E-state index in [1.807, 2.05) is 4.90 Å². The Morgan fingerprint density at radius 2 is 2.10 bits per heavy atom. The molecule has 0 saturated carbocycles. The molecular weight excluding hydrogens is 259 g/mol. The molecule has 2 N–H and O–H groups in total. The van der Waals surface area contributed by atoms with Gasteiger partial charge >= 0.3 is 0 Å². The van der Waals surface area contributed by atoms with E-state index in [-0.39, 0.29) is 11.7 Å². The topological polar surface area (TPSA) is 65.0 Å². The fraction of sp³-hybridized carbons (Fsp3) is 0.429. The van der Waals surface area contributed by atoms with Crippen LogP contribution in [0.5, 0.6) is 0 Å². The Labute approximate surface area is 116 Å². The van der Waals surface area contributed by atoms with Gasteiger partial charge in [-0.3, -0.25) is 0 Å². The van der Waals surface area contributed by atoms with Gasteiger partial charge in [-0.25, -0.2) is 14.4 Å². The van der Waals surface area contributed by atoms with Gasteiger partial charge in [0.25, 0.3) is 0 Å². The average Bonchev–Trinajstić information content (AvgIpc) is 3.01. The number of aliphatic hydroxyl groups excluding tert-OH is 1. The van der Waals surface area contributed by atoms with Gasteiger partial charge in [-0.05, 0) is 30.9 Å². The van der Waals surface area contributed by atoms with Crippen molar-refractivity contribution in [1.29, 1.82) is 0 Å². The number of imidazole rings is 1. The van der Waals surface area contributed by atoms with Gasteiger partial charge < -0.3 is 15.0 Å². The number of halogens is 1. The number of nitrogens with zero attached hydrogens (tertiary/aromatic N) is 3. The van der Waals surface area contributed by atoms with Crippen molar-refractivity contribution in [2.75, 3.05) is 18.0 Å². The van der Waals surface area contributed by atoms with Gasteiger partial charge in [0.1, 0.15) is 11.9 Å². The van der Waals surface area contributed by atoms with Gasteiger partial charge in [0.15, 0.2) is 11.6 Å². The minimum Gasteiger partial charge on any atom is -0.385 e. The van der Waals surface area contributed by atoms with Gasteiger partial charge in [0.2, 0.25) is 0 Å². The fourth-order valence-corrected chi connectivity index (χ4v) is 2.70. The van der Waals surface area contributed by atoms with Crippen molar-refractivity contribution in [3.05, 3.63) is 42.4 Å². The predicted octanol–water partition coefficient (Wildman–Crippen LogP) is 1.89. The van der Waals surface area contributed by atoms with Crippen LogP contribution in [-0.4, -0.2) is 33.1 Å². The van der Waals surface area contributed by atoms with E-state index < -0.39 is 6.10 Å². The zero-order chi connectivity index (χ0) is 13.9. The summed E-state index contributed by atoms with van der Waals surface area (Å²) in [5.74, 6) is 0.854. The van der Waals surface area contributed by atoms with E-state index in [0.717, 1.165) is 12.8 Å². The van der Waals surface area contributed by atoms with Gasteiger partial charge in [0, 0.05) is 31.7 Å². The Kier molecular flexibility index (Phi) is 3.64. The number of aliphatic hydroxyl groups is 1. The van der Waals surface area contributed by atoms with Crippen LogP contribution in [0.15, 0.2) is 30.7 Å². The molecule has 3 heterocycles. The number of nitrogens with one attached hydrogen (secondary N) is 1. The van der Waals surface area contributed by atoms with E-state index in [1.165, 1.54) is 6.07 Å². The van der Waals surface area contributed by atoms with Gasteiger partial charge in [-0.1, -0.05) is 0 Å². The Morgan fingerprint density at radius 3 is 2.75 bits per heavy atom. The van der Waals surface area contributed by atoms with Crippen LogP contribution in [0.4, 0.5) is 10.2 Å². The van der Waals surface area contributed by atoms with E-state index in [1.54, 1.807) is 24.7 Å². The molecule has 106 valence electrons. The van der Waals surface area contributed by atoms with Gasteiger partial charge in [0.05, 0.1) is 0 Å². The number of hydrogen-bond acceptors (Lipinski definition) is 4. The molecule has 0 radical (unpaired) electrons. The van der Waals surface area contributed by atoms with Crippen molar-refractivity contribution < 1.29 is 9.50 Å². The number of rotatable bonds is 3. The standard InChI is InChI=1S/C14H17FN4O/c15-11-2-1-5-18-14(11)19-8-3-10(4-9-19)12(20)13-16-6-7-17-13/h1-2,5-7,10,12,20H,3-4,8-9H2,(H,16,17). The predicted molar refractivity (Wildman–Crippen MR) is 72.7 cm³/mol. The first-order valence-electron chi connectivity index (χ1n) is 6.78. The number of aromatic amines is 1. The molecule has 2 aromatic heterocycles. The molecule has 1 saturated heterocycles. The molecular formula is C14H17FN4O. The fourth-order valence-electron chi connectivity index (χ4n) is 2.70. The summed E-state index contributed by atoms with van der Waals surface area (Å²) in [5, 5.41) is 10.2. The van der Waals surface area contributed by atoms with Crippen molar-refractivity contribution in [3.63, 3.8) is 0 Å². The summed E-state index contributed by atoms with van der Waals surface area (Å²) in [7, 11) is 0. The van der Waals surface area contributed by atoms with Crippen LogP contribution in [0.3, 0.4) is 0 Å². The molecule has 0 spiro atoms. The molecule has 5 nitrogen and oxygen atoms in total. The Bertz CT molecular complexity index is 552. The number of H-pyrrole nitrogens is 1. The lowest BCUT2D eigenvalue weighted by atomic mass is 9.91. The second kappa shape index (κ2) is 5.58. The van der Waals surface area contributed by atoms with Crippen LogP contribution < -0.4 is 4.90 Å². The minimum atomic E-state index is -0.583. The molecule has 3 rings (SSSR count). The number of anilines is 1. The summed E-state index contributed by atoms with van der Waals surface area (Å²) in [5.41, 5.74) is 0. The summed E-state index contributed by atoms with van der Waals surface area (Å²) in [6.45, 7) is 1.38. The van der Waals surface area contributed by atoms with Crippen LogP contribution in [0.2, 0.25) is 0 Å². The summed E-state index contributed by atoms with van der Waals surface area (Å²) < 4.78 is 13.7. The van der Waals surface area contributed by atoms with E-state index in [2.05, 4.69) is 15.0 Å². The average molecular weight is 276 g/mol. The molecule has 0 aromatic carbocycles. The molecule has 1 unspecified atom stereocenters. The van der Waals surface area contributed by atoms with Crippen molar-refractivity contribution in [3.8, 4) is 0 Å². The maximum atomic E-state index is 13.7. The molecule has 2 aromatic rings. The molecule has 6 heteroatoms. The monoisotopic (exact) mass is 276 g/mol. The highest BCUT2D eigenvalue weighted by molar-refractivity contribution is 5.39. The summed E-state index contributed by atoms with van der Waals surface area (Å²) in [6.07, 6.45) is 5.94. The van der Waals surface area contributed by atoms with Crippen molar-refractivity contribution in [2.45, 2.75) is 18.9 Å². The van der Waals surface area contributed by atoms with Gasteiger partial charge in [-0.2, -0.15) is 0 Å². The first-order chi connectivity index (χ1) is 9.75. The largest absolute Gasteiger partial charge is 0.385 e. The lowest BCUT2D eigenvalue weighted by Crippen LogP contribution is -2.36. The Balaban J connectivity index is 1.64. The van der Waals surface area contributed by atoms with Crippen LogP contribution in [0, 0.1) is 11.7 Å². The Morgan fingerprint density at radius 1 is 1.30 bits per heavy atom. The van der Waals surface area contributed by atoms with Crippen LogP contribution >= 0.6 is 0 Å². The summed E-state index contributed by atoms with van der Waals surface area (Å²) >= 11 is 0. The van der Waals surface area contributed by atoms with Crippen LogP contribution in [0.25, 0.3) is 0 Å². The lowest BCUT2D eigenvalue weighted by Gasteiger charge is -2.34. The molecule has 1 fully saturated rings. The summed E-state index contributed by atoms with van der Waals surface area (Å²) in [6, 6.07) is 3.01. The molecule has 0 bridgehead atoms. The van der Waals surface area contributed by atoms with Crippen LogP contribution in [-0.2, 0) is 0 Å². The molecule has 0 aliphatic carbocycles. The quantitative estimate of drug-likeness (QED) is 0.898. The van der Waals surface area contributed by atoms with E-state index in [9.17, 15) is 9.50 Å². The van der Waals surface area contributed by atoms with E-state index in [4.69, 9.17) is 0 Å². The molecule has 20 heavy (non-hydrogen) atoms. The van der Waals surface area contributed by atoms with Crippen molar-refractivity contribution in [1.82, 2.24) is 15.0 Å². The summed E-state index contributed by atoms with van der Waals surface area (Å²) in [4.78, 5) is 13.1. The van der Waals surface area contributed by atoms with Crippen molar-refractivity contribution in [2.24, 2.45) is 5.92 Å². The normalized spacial score (nSPS) is 18.2. The van der Waals surface area contributed by atoms with Crippen molar-refractivity contribution >= 4 is 5.82 Å². The molecule has 0 amide bonds. The number of aromatic nitrogens is 3. The second-order valence-electron chi connectivity index (χ2n) is 5.05. The third-order valence-electron chi connectivity index (χ3n) is 3.82. The SMILES string of the molecule is OC(c1ncc[nH]1)C1CCN(c2ncccc2F)CC1. The minimum absolute atomic E-state index is 0.143. The highest BCUT2D eigenvalue weighted by Crippen LogP contribution is 2.31. The second-order valence-corrected chi connectivity index (χ2v) is 5.05. The van der Waals surface area contributed by atoms with E-state index in [0.29, 0.717) is 24.7 Å². The zero-order valence-corrected chi connectivity index (χ0v) is 11.0. The Hall–Kier alpha value is -1.95. The highest BCUT2D eigenvalue weighted by Gasteiger charge is 2.28. The number of pyridine rings is 1. The third kappa shape index (κ3) is 2.51. The first-order valence-corrected chi connectivity index (χ1v) is 6.78. The smallest absolute Gasteiger partial charge is 0.165 e. The highest BCUT2D eigenvalue weighted by atomic mass is 19.1. The molecule has 1 atom stereocenters. The molecule has 1 aliphatic rings. The maximum absolute atomic E-state index is 13.7. The van der Waals surface area contributed by atoms with E-state index >= 15 is 0 Å². The molecule has 1 aliphatic heterocycles. The van der Waals surface area contributed by atoms with Crippen LogP contribution in [0.1, 0.15) is 24.8 Å². The number of piperidine rings is 1. The first kappa shape index (κ1) is 13.1. The lowest BCUT2D eigenvalue weighted by molar-refractivity contribution is 0.0855. The zero-order valence-electron chi connectivity index (χ0n) is 11.0. The number of hydrogen-bond donors (Lipinski definition) is 2. The van der Waals surface area contributed by atoms with Gasteiger partial charge in [-0.15, -0.1) is 0 Å². The third-order valence-corrected chi connectivity index (χ3v) is 3.82. The maximum Gasteiger partial charge on any atom is 0.165 e.